The Morgan fingerprint density at radius 1 is 1.33 bits per heavy atom. The minimum atomic E-state index is -4.35. The Balaban J connectivity index is 3.02. The van der Waals surface area contributed by atoms with Crippen molar-refractivity contribution in [1.29, 1.82) is 0 Å². The van der Waals surface area contributed by atoms with Crippen LogP contribution in [-0.4, -0.2) is 4.98 Å². The molecule has 0 N–H and O–H groups in total. The highest BCUT2D eigenvalue weighted by Gasteiger charge is 2.32. The van der Waals surface area contributed by atoms with Gasteiger partial charge in [-0.25, -0.2) is 4.98 Å². The molecule has 0 aromatic carbocycles. The molecular formula is C7H5BrF3N. The zero-order valence-corrected chi connectivity index (χ0v) is 7.48. The molecule has 0 fully saturated rings. The molecule has 1 aromatic heterocycles. The minimum Gasteiger partial charge on any atom is -0.247 e. The molecule has 0 unspecified atom stereocenters. The van der Waals surface area contributed by atoms with Crippen molar-refractivity contribution in [1.82, 2.24) is 4.98 Å². The summed E-state index contributed by atoms with van der Waals surface area (Å²) in [6.45, 7) is 0. The van der Waals surface area contributed by atoms with E-state index in [9.17, 15) is 13.2 Å². The second-order valence-electron chi connectivity index (χ2n) is 2.15. The third kappa shape index (κ3) is 2.20. The molecule has 0 atom stereocenters. The molecule has 0 saturated heterocycles. The molecule has 1 aromatic rings. The van der Waals surface area contributed by atoms with E-state index in [4.69, 9.17) is 0 Å². The second kappa shape index (κ2) is 3.43. The van der Waals surface area contributed by atoms with Gasteiger partial charge in [0.2, 0.25) is 0 Å². The van der Waals surface area contributed by atoms with Crippen LogP contribution in [0.3, 0.4) is 0 Å². The van der Waals surface area contributed by atoms with Crippen LogP contribution in [-0.2, 0) is 11.5 Å². The lowest BCUT2D eigenvalue weighted by atomic mass is 10.3. The van der Waals surface area contributed by atoms with Crippen molar-refractivity contribution in [2.75, 3.05) is 0 Å². The normalized spacial score (nSPS) is 11.7. The summed E-state index contributed by atoms with van der Waals surface area (Å²) in [6.07, 6.45) is -4.35. The highest BCUT2D eigenvalue weighted by molar-refractivity contribution is 9.08. The zero-order chi connectivity index (χ0) is 9.19. The van der Waals surface area contributed by atoms with E-state index >= 15 is 0 Å². The van der Waals surface area contributed by atoms with Gasteiger partial charge in [-0.1, -0.05) is 22.0 Å². The molecule has 0 saturated carbocycles. The summed E-state index contributed by atoms with van der Waals surface area (Å²) in [5.74, 6) is 0. The molecule has 12 heavy (non-hydrogen) atoms. The van der Waals surface area contributed by atoms with E-state index in [0.717, 1.165) is 6.07 Å². The number of rotatable bonds is 1. The Morgan fingerprint density at radius 2 is 2.00 bits per heavy atom. The molecule has 0 aliphatic heterocycles. The zero-order valence-electron chi connectivity index (χ0n) is 5.90. The van der Waals surface area contributed by atoms with E-state index in [1.54, 1.807) is 0 Å². The monoisotopic (exact) mass is 239 g/mol. The predicted octanol–water partition coefficient (Wildman–Crippen LogP) is 3.00. The summed E-state index contributed by atoms with van der Waals surface area (Å²) >= 11 is 3.03. The molecule has 1 heterocycles. The average molecular weight is 240 g/mol. The van der Waals surface area contributed by atoms with E-state index in [0.29, 0.717) is 11.0 Å². The van der Waals surface area contributed by atoms with Gasteiger partial charge in [-0.15, -0.1) is 0 Å². The van der Waals surface area contributed by atoms with Crippen LogP contribution in [0.4, 0.5) is 13.2 Å². The molecule has 1 nitrogen and oxygen atoms in total. The third-order valence-corrected chi connectivity index (χ3v) is 1.81. The van der Waals surface area contributed by atoms with Crippen LogP contribution in [0.15, 0.2) is 18.2 Å². The van der Waals surface area contributed by atoms with Crippen LogP contribution in [0.5, 0.6) is 0 Å². The highest BCUT2D eigenvalue weighted by Crippen LogP contribution is 2.27. The van der Waals surface area contributed by atoms with E-state index in [-0.39, 0.29) is 0 Å². The predicted molar refractivity (Wildman–Crippen MR) is 41.9 cm³/mol. The molecule has 66 valence electrons. The first-order valence-electron chi connectivity index (χ1n) is 3.13. The van der Waals surface area contributed by atoms with Gasteiger partial charge >= 0.3 is 6.18 Å². The van der Waals surface area contributed by atoms with Crippen LogP contribution >= 0.6 is 15.9 Å². The fourth-order valence-corrected chi connectivity index (χ4v) is 1.02. The van der Waals surface area contributed by atoms with E-state index in [1.165, 1.54) is 12.1 Å². The van der Waals surface area contributed by atoms with Crippen LogP contribution in [0.1, 0.15) is 11.4 Å². The van der Waals surface area contributed by atoms with Crippen LogP contribution in [0.2, 0.25) is 0 Å². The van der Waals surface area contributed by atoms with E-state index < -0.39 is 11.9 Å². The summed E-state index contributed by atoms with van der Waals surface area (Å²) in [4.78, 5) is 3.39. The van der Waals surface area contributed by atoms with Gasteiger partial charge in [0, 0.05) is 5.33 Å². The molecule has 1 rings (SSSR count). The summed E-state index contributed by atoms with van der Waals surface area (Å²) in [5.41, 5.74) is -0.468. The molecule has 0 spiro atoms. The van der Waals surface area contributed by atoms with Crippen molar-refractivity contribution >= 4 is 15.9 Å². The SMILES string of the molecule is FC(F)(F)c1cccc(CBr)n1. The van der Waals surface area contributed by atoms with Gasteiger partial charge in [0.25, 0.3) is 0 Å². The maximum Gasteiger partial charge on any atom is 0.433 e. The van der Waals surface area contributed by atoms with Crippen molar-refractivity contribution < 1.29 is 13.2 Å². The van der Waals surface area contributed by atoms with Crippen molar-refractivity contribution in [3.63, 3.8) is 0 Å². The fraction of sp³-hybridized carbons (Fsp3) is 0.286. The Morgan fingerprint density at radius 3 is 2.50 bits per heavy atom. The maximum absolute atomic E-state index is 12.0. The summed E-state index contributed by atoms with van der Waals surface area (Å²) in [5, 5.41) is 0.330. The number of aromatic nitrogens is 1. The number of hydrogen-bond acceptors (Lipinski definition) is 1. The largest absolute Gasteiger partial charge is 0.433 e. The molecular weight excluding hydrogens is 235 g/mol. The van der Waals surface area contributed by atoms with Gasteiger partial charge in [-0.05, 0) is 12.1 Å². The van der Waals surface area contributed by atoms with Crippen molar-refractivity contribution in [3.05, 3.63) is 29.6 Å². The number of hydrogen-bond donors (Lipinski definition) is 0. The van der Waals surface area contributed by atoms with Gasteiger partial charge < -0.3 is 0 Å². The Hall–Kier alpha value is -0.580. The van der Waals surface area contributed by atoms with Crippen molar-refractivity contribution in [2.24, 2.45) is 0 Å². The first-order valence-corrected chi connectivity index (χ1v) is 4.25. The van der Waals surface area contributed by atoms with Gasteiger partial charge in [0.15, 0.2) is 0 Å². The topological polar surface area (TPSA) is 12.9 Å². The molecule has 0 bridgehead atoms. The Labute approximate surface area is 75.7 Å². The number of halogens is 4. The smallest absolute Gasteiger partial charge is 0.247 e. The van der Waals surface area contributed by atoms with Gasteiger partial charge in [-0.2, -0.15) is 13.2 Å². The highest BCUT2D eigenvalue weighted by atomic mass is 79.9. The van der Waals surface area contributed by atoms with Crippen LogP contribution in [0, 0.1) is 0 Å². The third-order valence-electron chi connectivity index (χ3n) is 1.23. The summed E-state index contributed by atoms with van der Waals surface area (Å²) in [7, 11) is 0. The quantitative estimate of drug-likeness (QED) is 0.687. The fourth-order valence-electron chi connectivity index (χ4n) is 0.712. The number of pyridine rings is 1. The lowest BCUT2D eigenvalue weighted by molar-refractivity contribution is -0.141. The van der Waals surface area contributed by atoms with E-state index in [2.05, 4.69) is 20.9 Å². The van der Waals surface area contributed by atoms with Crippen LogP contribution < -0.4 is 0 Å². The summed E-state index contributed by atoms with van der Waals surface area (Å²) in [6, 6.07) is 3.82. The Bertz CT molecular complexity index is 272. The van der Waals surface area contributed by atoms with Gasteiger partial charge in [-0.3, -0.25) is 0 Å². The number of alkyl halides is 4. The lowest BCUT2D eigenvalue weighted by Crippen LogP contribution is -2.08. The lowest BCUT2D eigenvalue weighted by Gasteiger charge is -2.05. The van der Waals surface area contributed by atoms with Gasteiger partial charge in [0.05, 0.1) is 5.69 Å². The Kier molecular flexibility index (Phi) is 2.72. The number of nitrogens with zero attached hydrogens (tertiary/aromatic N) is 1. The minimum absolute atomic E-state index is 0.330. The van der Waals surface area contributed by atoms with Crippen LogP contribution in [0.25, 0.3) is 0 Å². The first-order chi connectivity index (χ1) is 5.54. The average Bonchev–Trinajstić information content (AvgIpc) is 2.03. The van der Waals surface area contributed by atoms with Gasteiger partial charge in [0.1, 0.15) is 5.69 Å². The van der Waals surface area contributed by atoms with Crippen molar-refractivity contribution in [2.45, 2.75) is 11.5 Å². The molecule has 0 radical (unpaired) electrons. The standard InChI is InChI=1S/C7H5BrF3N/c8-4-5-2-1-3-6(12-5)7(9,10)11/h1-3H,4H2. The van der Waals surface area contributed by atoms with Crippen molar-refractivity contribution in [3.8, 4) is 0 Å². The molecule has 0 aliphatic carbocycles. The second-order valence-corrected chi connectivity index (χ2v) is 2.71. The maximum atomic E-state index is 12.0. The molecule has 0 aliphatic rings. The summed E-state index contributed by atoms with van der Waals surface area (Å²) < 4.78 is 36.1. The van der Waals surface area contributed by atoms with E-state index in [1.807, 2.05) is 0 Å². The first kappa shape index (κ1) is 9.51. The molecule has 5 heteroatoms. The molecule has 0 amide bonds.